The van der Waals surface area contributed by atoms with Crippen LogP contribution < -0.4 is 0 Å². The Morgan fingerprint density at radius 2 is 1.82 bits per heavy atom. The first-order valence-corrected chi connectivity index (χ1v) is 9.12. The minimum absolute atomic E-state index is 0.124. The highest BCUT2D eigenvalue weighted by Gasteiger charge is 2.24. The molecule has 0 saturated heterocycles. The summed E-state index contributed by atoms with van der Waals surface area (Å²) in [4.78, 5) is 24.4. The number of carbonyl (C=O) groups excluding carboxylic acids is 2. The Morgan fingerprint density at radius 3 is 2.50 bits per heavy atom. The van der Waals surface area contributed by atoms with Crippen molar-refractivity contribution < 1.29 is 14.3 Å². The molecule has 0 radical (unpaired) electrons. The van der Waals surface area contributed by atoms with Crippen LogP contribution in [0.25, 0.3) is 10.9 Å². The Morgan fingerprint density at radius 1 is 1.14 bits per heavy atom. The largest absolute Gasteiger partial charge is 0.461 e. The number of carbonyl (C=O) groups is 2. The number of para-hydroxylation sites is 1. The topological polar surface area (TPSA) is 63.9 Å². The summed E-state index contributed by atoms with van der Waals surface area (Å²) in [6.45, 7) is 4.15. The predicted molar refractivity (Wildman–Crippen MR) is 109 cm³/mol. The third kappa shape index (κ3) is 3.81. The van der Waals surface area contributed by atoms with E-state index in [1.807, 2.05) is 73.1 Å². The number of ether oxygens (including phenoxy) is 1. The van der Waals surface area contributed by atoms with E-state index in [2.05, 4.69) is 5.10 Å². The van der Waals surface area contributed by atoms with Crippen LogP contribution in [0.1, 0.15) is 23.7 Å². The molecule has 0 aliphatic carbocycles. The van der Waals surface area contributed by atoms with Gasteiger partial charge < -0.3 is 9.30 Å². The number of hydrazone groups is 1. The van der Waals surface area contributed by atoms with Crippen molar-refractivity contribution in [1.29, 1.82) is 0 Å². The van der Waals surface area contributed by atoms with Gasteiger partial charge in [-0.05, 0) is 25.5 Å². The molecule has 3 rings (SSSR count). The van der Waals surface area contributed by atoms with Crippen molar-refractivity contribution in [3.8, 4) is 0 Å². The van der Waals surface area contributed by atoms with Gasteiger partial charge in [-0.2, -0.15) is 5.10 Å². The molecular formula is C22H23N3O3. The smallest absolute Gasteiger partial charge is 0.359 e. The van der Waals surface area contributed by atoms with E-state index in [9.17, 15) is 9.59 Å². The Labute approximate surface area is 164 Å². The van der Waals surface area contributed by atoms with Crippen LogP contribution in [-0.4, -0.2) is 34.3 Å². The van der Waals surface area contributed by atoms with Gasteiger partial charge in [0, 0.05) is 29.2 Å². The Balaban J connectivity index is 2.12. The second kappa shape index (κ2) is 8.52. The van der Waals surface area contributed by atoms with Gasteiger partial charge in [0.1, 0.15) is 0 Å². The van der Waals surface area contributed by atoms with Gasteiger partial charge in [-0.25, -0.2) is 9.80 Å². The van der Waals surface area contributed by atoms with E-state index in [0.29, 0.717) is 12.0 Å². The van der Waals surface area contributed by atoms with Crippen molar-refractivity contribution in [2.75, 3.05) is 6.61 Å². The highest BCUT2D eigenvalue weighted by molar-refractivity contribution is 6.45. The summed E-state index contributed by atoms with van der Waals surface area (Å²) >= 11 is 0. The van der Waals surface area contributed by atoms with Crippen LogP contribution in [0, 0.1) is 6.92 Å². The first kappa shape index (κ1) is 19.4. The normalized spacial score (nSPS) is 11.5. The average molecular weight is 377 g/mol. The van der Waals surface area contributed by atoms with Crippen molar-refractivity contribution in [1.82, 2.24) is 9.58 Å². The molecule has 0 spiro atoms. The monoisotopic (exact) mass is 377 g/mol. The number of aryl methyl sites for hydroxylation is 1. The molecule has 6 heteroatoms. The van der Waals surface area contributed by atoms with Gasteiger partial charge in [0.05, 0.1) is 13.2 Å². The number of nitrogens with zero attached hydrogens (tertiary/aromatic N) is 3. The van der Waals surface area contributed by atoms with Crippen molar-refractivity contribution >= 4 is 29.0 Å². The van der Waals surface area contributed by atoms with Crippen molar-refractivity contribution in [3.63, 3.8) is 0 Å². The van der Waals surface area contributed by atoms with Crippen LogP contribution in [0.5, 0.6) is 0 Å². The molecule has 1 amide bonds. The lowest BCUT2D eigenvalue weighted by atomic mass is 10.1. The van der Waals surface area contributed by atoms with Crippen LogP contribution in [-0.2, 0) is 27.9 Å². The first-order chi connectivity index (χ1) is 13.6. The Hall–Kier alpha value is -3.41. The lowest BCUT2D eigenvalue weighted by Crippen LogP contribution is -2.25. The molecule has 0 aliphatic heterocycles. The average Bonchev–Trinajstić information content (AvgIpc) is 2.97. The van der Waals surface area contributed by atoms with Crippen LogP contribution in [0.4, 0.5) is 0 Å². The molecule has 144 valence electrons. The Kier molecular flexibility index (Phi) is 5.89. The molecule has 6 nitrogen and oxygen atoms in total. The number of hydrogen-bond acceptors (Lipinski definition) is 4. The second-order valence-electron chi connectivity index (χ2n) is 6.39. The van der Waals surface area contributed by atoms with Crippen LogP contribution in [0.2, 0.25) is 0 Å². The van der Waals surface area contributed by atoms with E-state index >= 15 is 0 Å². The first-order valence-electron chi connectivity index (χ1n) is 9.12. The molecule has 0 saturated carbocycles. The number of aromatic nitrogens is 1. The van der Waals surface area contributed by atoms with E-state index in [1.165, 1.54) is 5.01 Å². The molecule has 0 bridgehead atoms. The molecule has 0 N–H and O–H groups in total. The summed E-state index contributed by atoms with van der Waals surface area (Å²) in [5.74, 6) is -0.554. The van der Waals surface area contributed by atoms with Gasteiger partial charge in [0.15, 0.2) is 5.71 Å². The van der Waals surface area contributed by atoms with Crippen molar-refractivity contribution in [2.24, 2.45) is 12.1 Å². The third-order valence-electron chi connectivity index (χ3n) is 4.64. The molecule has 1 heterocycles. The zero-order chi connectivity index (χ0) is 20.1. The highest BCUT2D eigenvalue weighted by atomic mass is 16.5. The van der Waals surface area contributed by atoms with Gasteiger partial charge in [0.2, 0.25) is 6.41 Å². The minimum Gasteiger partial charge on any atom is -0.461 e. The SMILES string of the molecule is CCOC(=O)C(=NN(C=O)Cc1ccccc1)c1c(C)n(C)c2ccccc12. The molecule has 0 unspecified atom stereocenters. The molecule has 0 atom stereocenters. The van der Waals surface area contributed by atoms with Crippen molar-refractivity contribution in [3.05, 3.63) is 71.4 Å². The third-order valence-corrected chi connectivity index (χ3v) is 4.64. The number of rotatable bonds is 7. The Bertz CT molecular complexity index is 1020. The maximum atomic E-state index is 12.7. The van der Waals surface area contributed by atoms with Crippen LogP contribution in [0.15, 0.2) is 59.7 Å². The molecule has 28 heavy (non-hydrogen) atoms. The summed E-state index contributed by atoms with van der Waals surface area (Å²) < 4.78 is 7.25. The maximum absolute atomic E-state index is 12.7. The molecule has 0 fully saturated rings. The quantitative estimate of drug-likeness (QED) is 0.274. The van der Waals surface area contributed by atoms with Gasteiger partial charge >= 0.3 is 5.97 Å². The number of hydrogen-bond donors (Lipinski definition) is 0. The van der Waals surface area contributed by atoms with Crippen LogP contribution >= 0.6 is 0 Å². The maximum Gasteiger partial charge on any atom is 0.359 e. The molecule has 0 aliphatic rings. The number of benzene rings is 2. The summed E-state index contributed by atoms with van der Waals surface area (Å²) in [5, 5.41) is 6.51. The lowest BCUT2D eigenvalue weighted by Gasteiger charge is -2.14. The van der Waals surface area contributed by atoms with E-state index < -0.39 is 5.97 Å². The molecule has 3 aromatic rings. The van der Waals surface area contributed by atoms with E-state index in [1.54, 1.807) is 6.92 Å². The standard InChI is InChI=1S/C22H23N3O3/c1-4-28-22(27)21(23-25(15-26)14-17-10-6-5-7-11-17)20-16(2)24(3)19-13-9-8-12-18(19)20/h5-13,15H,4,14H2,1-3H3. The summed E-state index contributed by atoms with van der Waals surface area (Å²) in [5.41, 5.74) is 3.57. The van der Waals surface area contributed by atoms with E-state index in [0.717, 1.165) is 22.2 Å². The number of esters is 1. The lowest BCUT2D eigenvalue weighted by molar-refractivity contribution is -0.135. The second-order valence-corrected chi connectivity index (χ2v) is 6.39. The van der Waals surface area contributed by atoms with E-state index in [4.69, 9.17) is 4.74 Å². The number of amides is 1. The van der Waals surface area contributed by atoms with Gasteiger partial charge in [-0.1, -0.05) is 48.5 Å². The fourth-order valence-electron chi connectivity index (χ4n) is 3.21. The number of fused-ring (bicyclic) bond motifs is 1. The van der Waals surface area contributed by atoms with Gasteiger partial charge in [0.25, 0.3) is 0 Å². The van der Waals surface area contributed by atoms with E-state index in [-0.39, 0.29) is 18.9 Å². The summed E-state index contributed by atoms with van der Waals surface area (Å²) in [6.07, 6.45) is 0.618. The predicted octanol–water partition coefficient (Wildman–Crippen LogP) is 3.41. The van der Waals surface area contributed by atoms with Crippen LogP contribution in [0.3, 0.4) is 0 Å². The van der Waals surface area contributed by atoms with Gasteiger partial charge in [-0.3, -0.25) is 4.79 Å². The summed E-state index contributed by atoms with van der Waals surface area (Å²) in [7, 11) is 1.94. The zero-order valence-electron chi connectivity index (χ0n) is 16.3. The van der Waals surface area contributed by atoms with Crippen molar-refractivity contribution in [2.45, 2.75) is 20.4 Å². The molecule has 1 aromatic heterocycles. The fourth-order valence-corrected chi connectivity index (χ4v) is 3.21. The molecule has 2 aromatic carbocycles. The zero-order valence-corrected chi connectivity index (χ0v) is 16.3. The summed E-state index contributed by atoms with van der Waals surface area (Å²) in [6, 6.07) is 17.3. The van der Waals surface area contributed by atoms with Gasteiger partial charge in [-0.15, -0.1) is 0 Å². The fraction of sp³-hybridized carbons (Fsp3) is 0.227. The minimum atomic E-state index is -0.554. The molecular weight excluding hydrogens is 354 g/mol. The highest BCUT2D eigenvalue weighted by Crippen LogP contribution is 2.26.